The van der Waals surface area contributed by atoms with E-state index < -0.39 is 10.0 Å². The molecule has 2 N–H and O–H groups in total. The van der Waals surface area contributed by atoms with Crippen LogP contribution in [-0.2, 0) is 16.4 Å². The number of benzene rings is 1. The van der Waals surface area contributed by atoms with E-state index in [1.165, 1.54) is 12.8 Å². The Labute approximate surface area is 218 Å². The molecular weight excluding hydrogens is 492 g/mol. The number of nitrogens with one attached hydrogen (secondary N) is 2. The van der Waals surface area contributed by atoms with E-state index in [0.29, 0.717) is 29.7 Å². The van der Waals surface area contributed by atoms with Crippen molar-refractivity contribution in [3.05, 3.63) is 42.4 Å². The largest absolute Gasteiger partial charge is 0.377 e. The SMILES string of the molecule is CCN1CCN(S(=O)(=O)c2ccc(-c3cnc4nc(CCC5CCCCC(=S)N5)[nH]c4c3)cc2)CC1. The molecule has 1 atom stereocenters. The number of pyridine rings is 1. The monoisotopic (exact) mass is 526 g/mol. The topological polar surface area (TPSA) is 94.2 Å². The molecule has 2 aromatic heterocycles. The van der Waals surface area contributed by atoms with E-state index in [1.807, 2.05) is 18.2 Å². The molecule has 8 nitrogen and oxygen atoms in total. The van der Waals surface area contributed by atoms with E-state index in [4.69, 9.17) is 12.2 Å². The lowest BCUT2D eigenvalue weighted by atomic mass is 10.1. The number of thiocarbonyl (C=S) groups is 1. The first kappa shape index (κ1) is 25.3. The molecule has 0 saturated carbocycles. The highest BCUT2D eigenvalue weighted by Gasteiger charge is 2.28. The van der Waals surface area contributed by atoms with Gasteiger partial charge in [-0.15, -0.1) is 0 Å². The van der Waals surface area contributed by atoms with Crippen molar-refractivity contribution in [3.8, 4) is 11.1 Å². The van der Waals surface area contributed by atoms with Crippen molar-refractivity contribution in [2.24, 2.45) is 0 Å². The molecule has 2 aliphatic heterocycles. The summed E-state index contributed by atoms with van der Waals surface area (Å²) in [6, 6.07) is 9.55. The van der Waals surface area contributed by atoms with Gasteiger partial charge in [0.25, 0.3) is 0 Å². The number of sulfonamides is 1. The number of fused-ring (bicyclic) bond motifs is 1. The van der Waals surface area contributed by atoms with Gasteiger partial charge in [-0.05, 0) is 56.0 Å². The summed E-state index contributed by atoms with van der Waals surface area (Å²) in [7, 11) is -3.48. The summed E-state index contributed by atoms with van der Waals surface area (Å²) in [5, 5.41) is 3.48. The summed E-state index contributed by atoms with van der Waals surface area (Å²) in [5.41, 5.74) is 3.43. The molecule has 1 unspecified atom stereocenters. The number of aromatic amines is 1. The van der Waals surface area contributed by atoms with Crippen molar-refractivity contribution in [1.82, 2.24) is 29.5 Å². The molecule has 3 aromatic rings. The summed E-state index contributed by atoms with van der Waals surface area (Å²) < 4.78 is 27.8. The Hall–Kier alpha value is -2.40. The smallest absolute Gasteiger partial charge is 0.243 e. The fraction of sp³-hybridized carbons (Fsp3) is 0.500. The number of rotatable bonds is 7. The van der Waals surface area contributed by atoms with Crippen molar-refractivity contribution in [2.75, 3.05) is 32.7 Å². The number of H-pyrrole nitrogens is 1. The number of piperazine rings is 1. The van der Waals surface area contributed by atoms with Gasteiger partial charge in [0, 0.05) is 50.4 Å². The highest BCUT2D eigenvalue weighted by Crippen LogP contribution is 2.25. The third kappa shape index (κ3) is 5.61. The molecule has 0 amide bonds. The second-order valence-electron chi connectivity index (χ2n) is 9.69. The van der Waals surface area contributed by atoms with Crippen molar-refractivity contribution < 1.29 is 8.42 Å². The lowest BCUT2D eigenvalue weighted by molar-refractivity contribution is 0.196. The first-order valence-electron chi connectivity index (χ1n) is 12.9. The van der Waals surface area contributed by atoms with Crippen LogP contribution in [0.3, 0.4) is 0 Å². The van der Waals surface area contributed by atoms with Gasteiger partial charge in [-0.25, -0.2) is 18.4 Å². The lowest BCUT2D eigenvalue weighted by Crippen LogP contribution is -2.48. The minimum Gasteiger partial charge on any atom is -0.377 e. The second-order valence-corrected chi connectivity index (χ2v) is 12.1. The van der Waals surface area contributed by atoms with E-state index in [1.54, 1.807) is 22.6 Å². The Balaban J connectivity index is 1.26. The number of aromatic nitrogens is 3. The first-order valence-corrected chi connectivity index (χ1v) is 14.7. The van der Waals surface area contributed by atoms with E-state index in [-0.39, 0.29) is 0 Å². The molecule has 192 valence electrons. The van der Waals surface area contributed by atoms with Crippen molar-refractivity contribution in [3.63, 3.8) is 0 Å². The number of imidazole rings is 1. The van der Waals surface area contributed by atoms with E-state index in [2.05, 4.69) is 32.1 Å². The van der Waals surface area contributed by atoms with Crippen LogP contribution in [0.1, 0.15) is 44.9 Å². The number of hydrogen-bond donors (Lipinski definition) is 2. The van der Waals surface area contributed by atoms with Crippen LogP contribution in [0.15, 0.2) is 41.4 Å². The number of aryl methyl sites for hydroxylation is 1. The summed E-state index contributed by atoms with van der Waals surface area (Å²) in [5.74, 6) is 0.927. The molecule has 1 aromatic carbocycles. The van der Waals surface area contributed by atoms with Crippen molar-refractivity contribution in [1.29, 1.82) is 0 Å². The molecule has 36 heavy (non-hydrogen) atoms. The van der Waals surface area contributed by atoms with Crippen LogP contribution < -0.4 is 5.32 Å². The molecule has 4 heterocycles. The minimum absolute atomic E-state index is 0.334. The predicted molar refractivity (Wildman–Crippen MR) is 147 cm³/mol. The molecule has 0 spiro atoms. The summed E-state index contributed by atoms with van der Waals surface area (Å²) in [6.07, 6.45) is 8.13. The Morgan fingerprint density at radius 1 is 1.08 bits per heavy atom. The quantitative estimate of drug-likeness (QED) is 0.453. The number of nitrogens with zero attached hydrogens (tertiary/aromatic N) is 4. The Bertz CT molecular complexity index is 1310. The van der Waals surface area contributed by atoms with Crippen LogP contribution in [-0.4, -0.2) is 76.3 Å². The van der Waals surface area contributed by atoms with Gasteiger partial charge in [0.15, 0.2) is 5.65 Å². The van der Waals surface area contributed by atoms with Crippen LogP contribution in [0.4, 0.5) is 0 Å². The Morgan fingerprint density at radius 2 is 1.86 bits per heavy atom. The van der Waals surface area contributed by atoms with Crippen LogP contribution in [0.5, 0.6) is 0 Å². The lowest BCUT2D eigenvalue weighted by Gasteiger charge is -2.33. The van der Waals surface area contributed by atoms with Gasteiger partial charge in [-0.3, -0.25) is 0 Å². The number of likely N-dealkylation sites (N-methyl/N-ethyl adjacent to an activating group) is 1. The molecule has 0 bridgehead atoms. The molecule has 2 saturated heterocycles. The zero-order chi connectivity index (χ0) is 25.1. The fourth-order valence-corrected chi connectivity index (χ4v) is 6.79. The standard InChI is InChI=1S/C26H34N6O2S2/c1-2-31-13-15-32(16-14-31)36(33,34)22-10-7-19(8-11-22)20-17-23-26(27-18-20)30-24(29-23)12-9-21-5-3-4-6-25(35)28-21/h7-8,10-11,17-18,21H,2-6,9,12-16H2,1H3,(H,28,35)(H,27,29,30). The zero-order valence-electron chi connectivity index (χ0n) is 20.7. The maximum absolute atomic E-state index is 13.1. The van der Waals surface area contributed by atoms with Crippen LogP contribution >= 0.6 is 12.2 Å². The summed E-state index contributed by atoms with van der Waals surface area (Å²) >= 11 is 5.40. The van der Waals surface area contributed by atoms with Gasteiger partial charge in [-0.1, -0.05) is 37.7 Å². The van der Waals surface area contributed by atoms with Gasteiger partial charge < -0.3 is 15.2 Å². The average Bonchev–Trinajstić information content (AvgIpc) is 3.20. The molecule has 10 heteroatoms. The maximum atomic E-state index is 13.1. The molecule has 2 fully saturated rings. The van der Waals surface area contributed by atoms with Crippen LogP contribution in [0.25, 0.3) is 22.3 Å². The molecule has 0 radical (unpaired) electrons. The molecule has 0 aliphatic carbocycles. The maximum Gasteiger partial charge on any atom is 0.243 e. The normalized spacial score (nSPS) is 20.4. The average molecular weight is 527 g/mol. The molecule has 5 rings (SSSR count). The van der Waals surface area contributed by atoms with Gasteiger partial charge in [-0.2, -0.15) is 4.31 Å². The minimum atomic E-state index is -3.48. The summed E-state index contributed by atoms with van der Waals surface area (Å²) in [6.45, 7) is 5.66. The van der Waals surface area contributed by atoms with E-state index >= 15 is 0 Å². The molecule has 2 aliphatic rings. The van der Waals surface area contributed by atoms with Gasteiger partial charge >= 0.3 is 0 Å². The second kappa shape index (κ2) is 10.9. The van der Waals surface area contributed by atoms with E-state index in [0.717, 1.165) is 72.8 Å². The number of hydrogen-bond acceptors (Lipinski definition) is 6. The van der Waals surface area contributed by atoms with Crippen LogP contribution in [0, 0.1) is 0 Å². The fourth-order valence-electron chi connectivity index (χ4n) is 5.06. The third-order valence-electron chi connectivity index (χ3n) is 7.29. The predicted octanol–water partition coefficient (Wildman–Crippen LogP) is 3.74. The van der Waals surface area contributed by atoms with Crippen molar-refractivity contribution in [2.45, 2.75) is 56.4 Å². The van der Waals surface area contributed by atoms with Gasteiger partial charge in [0.2, 0.25) is 10.0 Å². The van der Waals surface area contributed by atoms with Gasteiger partial charge in [0.1, 0.15) is 5.82 Å². The highest BCUT2D eigenvalue weighted by molar-refractivity contribution is 7.89. The third-order valence-corrected chi connectivity index (χ3v) is 9.53. The van der Waals surface area contributed by atoms with Gasteiger partial charge in [0.05, 0.1) is 15.4 Å². The Kier molecular flexibility index (Phi) is 7.66. The Morgan fingerprint density at radius 3 is 2.61 bits per heavy atom. The van der Waals surface area contributed by atoms with E-state index in [9.17, 15) is 8.42 Å². The highest BCUT2D eigenvalue weighted by atomic mass is 32.2. The first-order chi connectivity index (χ1) is 17.4. The molecular formula is C26H34N6O2S2. The van der Waals surface area contributed by atoms with Crippen molar-refractivity contribution >= 4 is 38.4 Å². The summed E-state index contributed by atoms with van der Waals surface area (Å²) in [4.78, 5) is 16.2. The zero-order valence-corrected chi connectivity index (χ0v) is 22.4. The van der Waals surface area contributed by atoms with Crippen LogP contribution in [0.2, 0.25) is 0 Å².